The fraction of sp³-hybridized carbons (Fsp3) is 0.250. The summed E-state index contributed by atoms with van der Waals surface area (Å²) in [4.78, 5) is 41.1. The van der Waals surface area contributed by atoms with E-state index in [1.165, 1.54) is 4.90 Å². The van der Waals surface area contributed by atoms with Crippen LogP contribution in [0.1, 0.15) is 41.1 Å². The molecule has 2 atom stereocenters. The molecule has 2 unspecified atom stereocenters. The standard InChI is InChI=1S/C28H29N3O3/c1-18-12-14-22(15-13-18)31(28(34)23-16-17-24(32)29-23)26(21-10-5-4-6-11-21)27(33)30-25-19(2)8-7-9-20(25)3/h4-15,23,26H,16-17H2,1-3H3,(H,29,32)(H,30,33). The Bertz CT molecular complexity index is 1190. The van der Waals surface area contributed by atoms with Crippen molar-refractivity contribution in [1.29, 1.82) is 0 Å². The topological polar surface area (TPSA) is 78.5 Å². The lowest BCUT2D eigenvalue weighted by Gasteiger charge is -2.33. The van der Waals surface area contributed by atoms with Gasteiger partial charge in [0.05, 0.1) is 0 Å². The molecule has 0 bridgehead atoms. The zero-order valence-corrected chi connectivity index (χ0v) is 19.7. The van der Waals surface area contributed by atoms with Crippen molar-refractivity contribution in [2.75, 3.05) is 10.2 Å². The van der Waals surface area contributed by atoms with Crippen LogP contribution in [-0.2, 0) is 14.4 Å². The average Bonchev–Trinajstić information content (AvgIpc) is 3.27. The van der Waals surface area contributed by atoms with E-state index < -0.39 is 12.1 Å². The average molecular weight is 456 g/mol. The van der Waals surface area contributed by atoms with Gasteiger partial charge < -0.3 is 10.6 Å². The van der Waals surface area contributed by atoms with Gasteiger partial charge in [0, 0.05) is 17.8 Å². The monoisotopic (exact) mass is 455 g/mol. The smallest absolute Gasteiger partial charge is 0.252 e. The highest BCUT2D eigenvalue weighted by Crippen LogP contribution is 2.32. The molecule has 3 aromatic rings. The molecule has 4 rings (SSSR count). The zero-order valence-electron chi connectivity index (χ0n) is 19.7. The van der Waals surface area contributed by atoms with E-state index in [1.54, 1.807) is 0 Å². The second-order valence-electron chi connectivity index (χ2n) is 8.77. The van der Waals surface area contributed by atoms with Crippen LogP contribution in [0.4, 0.5) is 11.4 Å². The Balaban J connectivity index is 1.81. The molecule has 6 nitrogen and oxygen atoms in total. The molecule has 1 heterocycles. The molecule has 0 saturated carbocycles. The Morgan fingerprint density at radius 2 is 1.56 bits per heavy atom. The number of amides is 3. The minimum atomic E-state index is -0.923. The summed E-state index contributed by atoms with van der Waals surface area (Å²) < 4.78 is 0. The lowest BCUT2D eigenvalue weighted by molar-refractivity contribution is -0.126. The van der Waals surface area contributed by atoms with Gasteiger partial charge in [0.15, 0.2) is 0 Å². The van der Waals surface area contributed by atoms with E-state index in [-0.39, 0.29) is 17.7 Å². The minimum Gasteiger partial charge on any atom is -0.344 e. The summed E-state index contributed by atoms with van der Waals surface area (Å²) in [6, 6.07) is 21.0. The van der Waals surface area contributed by atoms with Crippen molar-refractivity contribution in [3.8, 4) is 0 Å². The highest BCUT2D eigenvalue weighted by molar-refractivity contribution is 6.08. The Morgan fingerprint density at radius 1 is 0.912 bits per heavy atom. The molecule has 1 fully saturated rings. The van der Waals surface area contributed by atoms with Crippen LogP contribution in [0.2, 0.25) is 0 Å². The largest absolute Gasteiger partial charge is 0.344 e. The van der Waals surface area contributed by atoms with E-state index in [4.69, 9.17) is 0 Å². The van der Waals surface area contributed by atoms with Gasteiger partial charge in [0.25, 0.3) is 11.8 Å². The summed E-state index contributed by atoms with van der Waals surface area (Å²) >= 11 is 0. The van der Waals surface area contributed by atoms with Crippen molar-refractivity contribution in [3.05, 3.63) is 95.1 Å². The fourth-order valence-corrected chi connectivity index (χ4v) is 4.33. The number of carbonyl (C=O) groups is 3. The lowest BCUT2D eigenvalue weighted by Crippen LogP contribution is -2.49. The van der Waals surface area contributed by atoms with E-state index in [2.05, 4.69) is 10.6 Å². The normalized spacial score (nSPS) is 16.0. The molecular formula is C28H29N3O3. The first-order chi connectivity index (χ1) is 16.3. The van der Waals surface area contributed by atoms with Gasteiger partial charge in [0.2, 0.25) is 5.91 Å². The third-order valence-electron chi connectivity index (χ3n) is 6.19. The van der Waals surface area contributed by atoms with Gasteiger partial charge in [-0.05, 0) is 56.0 Å². The van der Waals surface area contributed by atoms with Crippen LogP contribution in [0, 0.1) is 20.8 Å². The quantitative estimate of drug-likeness (QED) is 0.570. The van der Waals surface area contributed by atoms with Crippen LogP contribution in [0.3, 0.4) is 0 Å². The van der Waals surface area contributed by atoms with Crippen LogP contribution in [0.15, 0.2) is 72.8 Å². The van der Waals surface area contributed by atoms with Gasteiger partial charge in [-0.25, -0.2) is 0 Å². The minimum absolute atomic E-state index is 0.154. The van der Waals surface area contributed by atoms with Crippen molar-refractivity contribution in [1.82, 2.24) is 5.32 Å². The predicted molar refractivity (Wildman–Crippen MR) is 134 cm³/mol. The molecule has 0 radical (unpaired) electrons. The number of aryl methyl sites for hydroxylation is 3. The first-order valence-electron chi connectivity index (χ1n) is 11.5. The molecule has 1 saturated heterocycles. The van der Waals surface area contributed by atoms with Crippen molar-refractivity contribution in [2.24, 2.45) is 0 Å². The maximum atomic E-state index is 13.9. The van der Waals surface area contributed by atoms with E-state index in [0.717, 1.165) is 22.4 Å². The molecule has 2 N–H and O–H groups in total. The summed E-state index contributed by atoms with van der Waals surface area (Å²) in [7, 11) is 0. The molecule has 0 aliphatic carbocycles. The molecule has 34 heavy (non-hydrogen) atoms. The Hall–Kier alpha value is -3.93. The van der Waals surface area contributed by atoms with E-state index >= 15 is 0 Å². The fourth-order valence-electron chi connectivity index (χ4n) is 4.33. The highest BCUT2D eigenvalue weighted by atomic mass is 16.2. The Labute approximate surface area is 200 Å². The molecule has 0 aromatic heterocycles. The molecule has 3 amide bonds. The summed E-state index contributed by atoms with van der Waals surface area (Å²) in [5.41, 5.74) is 4.94. The third kappa shape index (κ3) is 4.86. The van der Waals surface area contributed by atoms with Gasteiger partial charge in [-0.2, -0.15) is 0 Å². The van der Waals surface area contributed by atoms with Crippen molar-refractivity contribution >= 4 is 29.1 Å². The maximum Gasteiger partial charge on any atom is 0.252 e. The number of hydrogen-bond acceptors (Lipinski definition) is 3. The van der Waals surface area contributed by atoms with Gasteiger partial charge >= 0.3 is 0 Å². The van der Waals surface area contributed by atoms with Crippen molar-refractivity contribution in [2.45, 2.75) is 45.7 Å². The van der Waals surface area contributed by atoms with Crippen LogP contribution >= 0.6 is 0 Å². The maximum absolute atomic E-state index is 13.9. The molecule has 1 aliphatic rings. The summed E-state index contributed by atoms with van der Waals surface area (Å²) in [6.45, 7) is 5.85. The van der Waals surface area contributed by atoms with Gasteiger partial charge in [-0.3, -0.25) is 19.3 Å². The number of hydrogen-bond donors (Lipinski definition) is 2. The number of carbonyl (C=O) groups excluding carboxylic acids is 3. The summed E-state index contributed by atoms with van der Waals surface area (Å²) in [5.74, 6) is -0.777. The molecule has 0 spiro atoms. The zero-order chi connectivity index (χ0) is 24.2. The van der Waals surface area contributed by atoms with Crippen molar-refractivity contribution < 1.29 is 14.4 Å². The number of anilines is 2. The molecule has 6 heteroatoms. The Morgan fingerprint density at radius 3 is 2.15 bits per heavy atom. The van der Waals surface area contributed by atoms with E-state index in [0.29, 0.717) is 24.1 Å². The third-order valence-corrected chi connectivity index (χ3v) is 6.19. The van der Waals surface area contributed by atoms with Crippen molar-refractivity contribution in [3.63, 3.8) is 0 Å². The SMILES string of the molecule is Cc1ccc(N(C(=O)C2CCC(=O)N2)C(C(=O)Nc2c(C)cccc2C)c2ccccc2)cc1. The second-order valence-corrected chi connectivity index (χ2v) is 8.77. The van der Waals surface area contributed by atoms with Crippen LogP contribution in [0.25, 0.3) is 0 Å². The predicted octanol–water partition coefficient (Wildman–Crippen LogP) is 4.60. The molecule has 3 aromatic carbocycles. The van der Waals surface area contributed by atoms with Crippen LogP contribution < -0.4 is 15.5 Å². The number of para-hydroxylation sites is 1. The lowest BCUT2D eigenvalue weighted by atomic mass is 10.0. The number of nitrogens with zero attached hydrogens (tertiary/aromatic N) is 1. The van der Waals surface area contributed by atoms with Gasteiger partial charge in [0.1, 0.15) is 12.1 Å². The number of benzene rings is 3. The van der Waals surface area contributed by atoms with Gasteiger partial charge in [-0.15, -0.1) is 0 Å². The highest BCUT2D eigenvalue weighted by Gasteiger charge is 2.38. The first-order valence-corrected chi connectivity index (χ1v) is 11.5. The molecule has 174 valence electrons. The van der Waals surface area contributed by atoms with Crippen LogP contribution in [-0.4, -0.2) is 23.8 Å². The second kappa shape index (κ2) is 9.91. The Kier molecular flexibility index (Phi) is 6.77. The first kappa shape index (κ1) is 23.2. The van der Waals surface area contributed by atoms with Crippen LogP contribution in [0.5, 0.6) is 0 Å². The van der Waals surface area contributed by atoms with Gasteiger partial charge in [-0.1, -0.05) is 66.2 Å². The molecule has 1 aliphatic heterocycles. The van der Waals surface area contributed by atoms with E-state index in [1.807, 2.05) is 93.6 Å². The molecular weight excluding hydrogens is 426 g/mol. The number of nitrogens with one attached hydrogen (secondary N) is 2. The summed E-state index contributed by atoms with van der Waals surface area (Å²) in [5, 5.41) is 5.84. The number of rotatable bonds is 6. The summed E-state index contributed by atoms with van der Waals surface area (Å²) in [6.07, 6.45) is 0.697. The van der Waals surface area contributed by atoms with E-state index in [9.17, 15) is 14.4 Å².